The SMILES string of the molecule is CC(=O)CC(S)C(=O)O.CC(=O)CCS.CC(=O)COCCOCCS. The van der Waals surface area contributed by atoms with E-state index < -0.39 is 11.2 Å². The molecule has 0 aliphatic carbocycles. The molecule has 1 N–H and O–H groups in total. The molecule has 1 atom stereocenters. The van der Waals surface area contributed by atoms with Gasteiger partial charge in [0, 0.05) is 18.6 Å². The van der Waals surface area contributed by atoms with Gasteiger partial charge < -0.3 is 14.6 Å². The predicted molar refractivity (Wildman–Crippen MR) is 111 cm³/mol. The maximum Gasteiger partial charge on any atom is 0.316 e. The van der Waals surface area contributed by atoms with Crippen molar-refractivity contribution in [1.82, 2.24) is 0 Å². The molecule has 10 heteroatoms. The summed E-state index contributed by atoms with van der Waals surface area (Å²) < 4.78 is 9.99. The van der Waals surface area contributed by atoms with Crippen LogP contribution in [0.3, 0.4) is 0 Å². The van der Waals surface area contributed by atoms with Crippen LogP contribution in [0.15, 0.2) is 0 Å². The first-order valence-electron chi connectivity index (χ1n) is 7.84. The summed E-state index contributed by atoms with van der Waals surface area (Å²) in [5.74, 6) is 0.442. The van der Waals surface area contributed by atoms with Crippen LogP contribution < -0.4 is 0 Å². The molecule has 0 rings (SSSR count). The first-order chi connectivity index (χ1) is 12.1. The smallest absolute Gasteiger partial charge is 0.316 e. The number of thiol groups is 3. The van der Waals surface area contributed by atoms with Crippen molar-refractivity contribution in [1.29, 1.82) is 0 Å². The molecule has 0 heterocycles. The first kappa shape index (κ1) is 30.2. The van der Waals surface area contributed by atoms with Crippen molar-refractivity contribution in [2.24, 2.45) is 0 Å². The van der Waals surface area contributed by atoms with Crippen LogP contribution in [0.2, 0.25) is 0 Å². The quantitative estimate of drug-likeness (QED) is 0.276. The largest absolute Gasteiger partial charge is 0.480 e. The molecule has 0 aromatic rings. The van der Waals surface area contributed by atoms with Crippen LogP contribution in [0, 0.1) is 0 Å². The second kappa shape index (κ2) is 22.5. The Morgan fingerprint density at radius 3 is 1.65 bits per heavy atom. The molecular weight excluding hydrogens is 400 g/mol. The summed E-state index contributed by atoms with van der Waals surface area (Å²) in [7, 11) is 0. The second-order valence-corrected chi connectivity index (χ2v) is 6.54. The molecule has 0 aliphatic rings. The molecular formula is C16H30O7S3. The minimum Gasteiger partial charge on any atom is -0.480 e. The summed E-state index contributed by atoms with van der Waals surface area (Å²) >= 11 is 11.4. The third kappa shape index (κ3) is 34.7. The highest BCUT2D eigenvalue weighted by atomic mass is 32.1. The fraction of sp³-hybridized carbons (Fsp3) is 0.750. The number of carbonyl (C=O) groups excluding carboxylic acids is 3. The zero-order valence-electron chi connectivity index (χ0n) is 15.5. The van der Waals surface area contributed by atoms with E-state index >= 15 is 0 Å². The highest BCUT2D eigenvalue weighted by Crippen LogP contribution is 2.00. The van der Waals surface area contributed by atoms with Crippen LogP contribution in [0.25, 0.3) is 0 Å². The lowest BCUT2D eigenvalue weighted by Crippen LogP contribution is -2.16. The Morgan fingerprint density at radius 1 is 0.846 bits per heavy atom. The summed E-state index contributed by atoms with van der Waals surface area (Å²) in [6, 6.07) is 0. The molecule has 7 nitrogen and oxygen atoms in total. The molecule has 0 saturated heterocycles. The van der Waals surface area contributed by atoms with E-state index in [0.717, 1.165) is 0 Å². The van der Waals surface area contributed by atoms with E-state index in [1.165, 1.54) is 13.8 Å². The van der Waals surface area contributed by atoms with E-state index in [1.807, 2.05) is 0 Å². The van der Waals surface area contributed by atoms with Gasteiger partial charge in [0.15, 0.2) is 5.78 Å². The highest BCUT2D eigenvalue weighted by molar-refractivity contribution is 7.81. The van der Waals surface area contributed by atoms with E-state index in [1.54, 1.807) is 6.92 Å². The third-order valence-electron chi connectivity index (χ3n) is 2.14. The van der Waals surface area contributed by atoms with Gasteiger partial charge >= 0.3 is 5.97 Å². The fourth-order valence-electron chi connectivity index (χ4n) is 1.02. The summed E-state index contributed by atoms with van der Waals surface area (Å²) in [5.41, 5.74) is 0. The standard InChI is InChI=1S/C7H14O3S.C5H8O3S.C4H8OS/c1-7(8)6-10-3-2-9-4-5-11;1-3(6)2-4(9)5(7)8;1-4(5)2-3-6/h11H,2-6H2,1H3;4,9H,2H2,1H3,(H,7,8);6H,2-3H2,1H3. The predicted octanol–water partition coefficient (Wildman–Crippen LogP) is 1.78. The van der Waals surface area contributed by atoms with Gasteiger partial charge in [0.1, 0.15) is 23.4 Å². The van der Waals surface area contributed by atoms with E-state index in [0.29, 0.717) is 37.7 Å². The van der Waals surface area contributed by atoms with Crippen molar-refractivity contribution in [3.05, 3.63) is 0 Å². The van der Waals surface area contributed by atoms with Crippen molar-refractivity contribution in [3.63, 3.8) is 0 Å². The number of aliphatic carboxylic acids is 1. The van der Waals surface area contributed by atoms with Crippen LogP contribution in [0.1, 0.15) is 33.6 Å². The summed E-state index contributed by atoms with van der Waals surface area (Å²) in [5, 5.41) is 7.36. The molecule has 0 bridgehead atoms. The summed E-state index contributed by atoms with van der Waals surface area (Å²) in [6.45, 7) is 6.23. The van der Waals surface area contributed by atoms with Crippen LogP contribution in [0.4, 0.5) is 0 Å². The van der Waals surface area contributed by atoms with Crippen LogP contribution in [0.5, 0.6) is 0 Å². The minimum absolute atomic E-state index is 0.00154. The number of ketones is 3. The number of hydrogen-bond donors (Lipinski definition) is 4. The number of hydrogen-bond acceptors (Lipinski definition) is 9. The molecule has 0 saturated carbocycles. The molecule has 0 spiro atoms. The number of Topliss-reactive ketones (excluding diaryl/α,β-unsaturated/α-hetero) is 3. The van der Waals surface area contributed by atoms with E-state index in [-0.39, 0.29) is 30.4 Å². The van der Waals surface area contributed by atoms with Crippen molar-refractivity contribution >= 4 is 61.2 Å². The van der Waals surface area contributed by atoms with Gasteiger partial charge in [0.2, 0.25) is 0 Å². The Hall–Kier alpha value is -0.550. The minimum atomic E-state index is -1.05. The molecule has 0 radical (unpaired) electrons. The van der Waals surface area contributed by atoms with Gasteiger partial charge in [0.25, 0.3) is 0 Å². The highest BCUT2D eigenvalue weighted by Gasteiger charge is 2.13. The van der Waals surface area contributed by atoms with Crippen molar-refractivity contribution in [3.8, 4) is 0 Å². The van der Waals surface area contributed by atoms with Gasteiger partial charge in [-0.05, 0) is 26.5 Å². The normalized spacial score (nSPS) is 10.5. The zero-order valence-corrected chi connectivity index (χ0v) is 18.2. The van der Waals surface area contributed by atoms with Crippen molar-refractivity contribution in [2.45, 2.75) is 38.9 Å². The van der Waals surface area contributed by atoms with Gasteiger partial charge in [-0.15, -0.1) is 0 Å². The zero-order chi connectivity index (χ0) is 21.0. The Labute approximate surface area is 171 Å². The Bertz CT molecular complexity index is 403. The van der Waals surface area contributed by atoms with E-state index in [4.69, 9.17) is 14.6 Å². The molecule has 0 aromatic heterocycles. The van der Waals surface area contributed by atoms with Gasteiger partial charge in [-0.25, -0.2) is 0 Å². The first-order valence-corrected chi connectivity index (χ1v) is 9.62. The number of rotatable bonds is 12. The molecule has 0 amide bonds. The van der Waals surface area contributed by atoms with Crippen LogP contribution in [-0.2, 0) is 28.7 Å². The topological polar surface area (TPSA) is 107 Å². The van der Waals surface area contributed by atoms with Gasteiger partial charge in [-0.1, -0.05) is 0 Å². The number of carboxylic acids is 1. The maximum absolute atomic E-state index is 10.4. The lowest BCUT2D eigenvalue weighted by atomic mass is 10.2. The molecule has 1 unspecified atom stereocenters. The van der Waals surface area contributed by atoms with Gasteiger partial charge in [-0.2, -0.15) is 37.9 Å². The molecule has 26 heavy (non-hydrogen) atoms. The van der Waals surface area contributed by atoms with Crippen molar-refractivity contribution in [2.75, 3.05) is 37.9 Å². The maximum atomic E-state index is 10.4. The van der Waals surface area contributed by atoms with E-state index in [9.17, 15) is 19.2 Å². The number of carboxylic acid groups (broad SMARTS) is 1. The lowest BCUT2D eigenvalue weighted by Gasteiger charge is -2.01. The average molecular weight is 431 g/mol. The number of carbonyl (C=O) groups is 4. The molecule has 0 fully saturated rings. The van der Waals surface area contributed by atoms with Crippen molar-refractivity contribution < 1.29 is 33.8 Å². The lowest BCUT2D eigenvalue weighted by molar-refractivity contribution is -0.137. The second-order valence-electron chi connectivity index (χ2n) is 5.03. The monoisotopic (exact) mass is 430 g/mol. The van der Waals surface area contributed by atoms with Crippen LogP contribution >= 0.6 is 37.9 Å². The average Bonchev–Trinajstić information content (AvgIpc) is 2.51. The molecule has 0 aromatic carbocycles. The summed E-state index contributed by atoms with van der Waals surface area (Å²) in [6.07, 6.45) is 0.599. The van der Waals surface area contributed by atoms with Gasteiger partial charge in [0.05, 0.1) is 19.8 Å². The van der Waals surface area contributed by atoms with Gasteiger partial charge in [-0.3, -0.25) is 19.2 Å². The Kier molecular flexibility index (Phi) is 26.1. The number of ether oxygens (including phenoxy) is 2. The Balaban J connectivity index is -0.000000319. The summed E-state index contributed by atoms with van der Waals surface area (Å²) in [4.78, 5) is 40.6. The Morgan fingerprint density at radius 2 is 1.38 bits per heavy atom. The van der Waals surface area contributed by atoms with E-state index in [2.05, 4.69) is 37.9 Å². The molecule has 0 aliphatic heterocycles. The fourth-order valence-corrected chi connectivity index (χ4v) is 1.72. The third-order valence-corrected chi connectivity index (χ3v) is 2.95. The van der Waals surface area contributed by atoms with Crippen LogP contribution in [-0.4, -0.2) is 71.6 Å². The molecule has 154 valence electrons.